The molecule has 3 aromatic rings. The molecule has 2 fully saturated rings. The van der Waals surface area contributed by atoms with Gasteiger partial charge in [-0.25, -0.2) is 14.8 Å². The summed E-state index contributed by atoms with van der Waals surface area (Å²) in [4.78, 5) is 25.2. The highest BCUT2D eigenvalue weighted by Crippen LogP contribution is 2.40. The molecule has 2 amide bonds. The van der Waals surface area contributed by atoms with Crippen LogP contribution in [0.2, 0.25) is 0 Å². The van der Waals surface area contributed by atoms with Gasteiger partial charge in [0.2, 0.25) is 0 Å². The zero-order chi connectivity index (χ0) is 23.9. The van der Waals surface area contributed by atoms with Crippen LogP contribution in [0.1, 0.15) is 42.4 Å². The Hall–Kier alpha value is -3.87. The van der Waals surface area contributed by atoms with E-state index < -0.39 is 17.3 Å². The van der Waals surface area contributed by atoms with Crippen LogP contribution in [0.25, 0.3) is 5.82 Å². The average Bonchev–Trinajstić information content (AvgIpc) is 3.46. The number of hydrogen-bond donors (Lipinski definition) is 0. The van der Waals surface area contributed by atoms with E-state index in [1.165, 1.54) is 11.0 Å². The molecule has 1 aromatic carbocycles. The van der Waals surface area contributed by atoms with E-state index >= 15 is 0 Å². The number of carbonyl (C=O) groups excluding carboxylic acids is 1. The fraction of sp³-hybridized carbons (Fsp3) is 0.333. The molecule has 1 aliphatic heterocycles. The topological polar surface area (TPSA) is 78.0 Å². The van der Waals surface area contributed by atoms with E-state index in [9.17, 15) is 18.0 Å². The molecule has 2 aromatic heterocycles. The second-order valence-corrected chi connectivity index (χ2v) is 8.53. The minimum atomic E-state index is -4.68. The molecule has 10 heteroatoms. The molecule has 2 aliphatic rings. The van der Waals surface area contributed by atoms with Crippen molar-refractivity contribution in [3.8, 4) is 11.9 Å². The number of aromatic nitrogens is 3. The van der Waals surface area contributed by atoms with E-state index in [1.807, 2.05) is 12.1 Å². The van der Waals surface area contributed by atoms with Crippen molar-refractivity contribution in [1.29, 1.82) is 5.26 Å². The maximum atomic E-state index is 13.6. The third kappa shape index (κ3) is 3.87. The molecule has 7 nitrogen and oxygen atoms in total. The molecular formula is C24H21F3N6O. The van der Waals surface area contributed by atoms with Gasteiger partial charge in [-0.1, -0.05) is 18.9 Å². The summed E-state index contributed by atoms with van der Waals surface area (Å²) >= 11 is 0. The number of anilines is 1. The van der Waals surface area contributed by atoms with Gasteiger partial charge in [0.15, 0.2) is 0 Å². The van der Waals surface area contributed by atoms with Gasteiger partial charge in [-0.2, -0.15) is 18.4 Å². The van der Waals surface area contributed by atoms with Crippen molar-refractivity contribution in [2.75, 3.05) is 4.90 Å². The summed E-state index contributed by atoms with van der Waals surface area (Å²) in [6.07, 6.45) is 5.46. The van der Waals surface area contributed by atoms with Gasteiger partial charge in [-0.3, -0.25) is 9.47 Å². The van der Waals surface area contributed by atoms with Crippen molar-refractivity contribution in [2.45, 2.75) is 50.5 Å². The van der Waals surface area contributed by atoms with Crippen molar-refractivity contribution < 1.29 is 18.0 Å². The summed E-state index contributed by atoms with van der Waals surface area (Å²) in [5, 5.41) is 9.11. The number of alkyl halides is 3. The summed E-state index contributed by atoms with van der Waals surface area (Å²) in [6, 6.07) is 8.19. The SMILES string of the molecule is N#Cc1ccc(N2C(=O)N(Cc3ccc(-n4ccnc4)nc3)[C@H]3CCCC[C@@H]32)cc1C(F)(F)F. The number of halogens is 3. The number of rotatable bonds is 4. The highest BCUT2D eigenvalue weighted by molar-refractivity contribution is 5.96. The molecule has 174 valence electrons. The van der Waals surface area contributed by atoms with Crippen molar-refractivity contribution in [3.05, 3.63) is 71.9 Å². The van der Waals surface area contributed by atoms with Gasteiger partial charge >= 0.3 is 12.2 Å². The fourth-order valence-electron chi connectivity index (χ4n) is 4.93. The van der Waals surface area contributed by atoms with E-state index in [0.29, 0.717) is 18.8 Å². The molecule has 2 atom stereocenters. The molecule has 0 bridgehead atoms. The lowest BCUT2D eigenvalue weighted by Crippen LogP contribution is -2.39. The zero-order valence-electron chi connectivity index (χ0n) is 18.1. The molecule has 1 saturated heterocycles. The number of fused-ring (bicyclic) bond motifs is 1. The molecular weight excluding hydrogens is 445 g/mol. The summed E-state index contributed by atoms with van der Waals surface area (Å²) < 4.78 is 42.4. The second-order valence-electron chi connectivity index (χ2n) is 8.53. The molecule has 0 unspecified atom stereocenters. The first-order valence-electron chi connectivity index (χ1n) is 11.0. The highest BCUT2D eigenvalue weighted by atomic mass is 19.4. The van der Waals surface area contributed by atoms with Gasteiger partial charge in [0.25, 0.3) is 0 Å². The average molecular weight is 466 g/mol. The first-order valence-corrected chi connectivity index (χ1v) is 11.0. The Labute approximate surface area is 194 Å². The van der Waals surface area contributed by atoms with E-state index in [-0.39, 0.29) is 23.8 Å². The number of benzene rings is 1. The maximum Gasteiger partial charge on any atom is 0.417 e. The lowest BCUT2D eigenvalue weighted by molar-refractivity contribution is -0.137. The quantitative estimate of drug-likeness (QED) is 0.547. The first kappa shape index (κ1) is 21.9. The van der Waals surface area contributed by atoms with Crippen LogP contribution in [0.5, 0.6) is 0 Å². The zero-order valence-corrected chi connectivity index (χ0v) is 18.1. The Balaban J connectivity index is 1.45. The minimum absolute atomic E-state index is 0.0976. The van der Waals surface area contributed by atoms with Crippen LogP contribution in [-0.2, 0) is 12.7 Å². The smallest absolute Gasteiger partial charge is 0.315 e. The van der Waals surface area contributed by atoms with Crippen molar-refractivity contribution >= 4 is 11.7 Å². The number of urea groups is 1. The summed E-state index contributed by atoms with van der Waals surface area (Å²) in [7, 11) is 0. The number of carbonyl (C=O) groups is 1. The first-order chi connectivity index (χ1) is 16.4. The Morgan fingerprint density at radius 3 is 2.56 bits per heavy atom. The van der Waals surface area contributed by atoms with E-state index in [2.05, 4.69) is 9.97 Å². The molecule has 0 N–H and O–H groups in total. The lowest BCUT2D eigenvalue weighted by Gasteiger charge is -2.32. The standard InChI is InChI=1S/C24H21F3N6O/c25-24(26,27)19-11-18(7-6-17(19)12-28)33-21-4-2-1-3-20(21)32(23(33)34)14-16-5-8-22(30-13-16)31-10-9-29-15-31/h5-11,13,15,20-21H,1-4,14H2/t20-,21-/m0/s1. The predicted octanol–water partition coefficient (Wildman–Crippen LogP) is 4.91. The fourth-order valence-corrected chi connectivity index (χ4v) is 4.93. The normalized spacial score (nSPS) is 20.4. The molecule has 0 radical (unpaired) electrons. The van der Waals surface area contributed by atoms with Crippen molar-refractivity contribution in [3.63, 3.8) is 0 Å². The van der Waals surface area contributed by atoms with E-state index in [1.54, 1.807) is 40.5 Å². The Kier molecular flexibility index (Phi) is 5.48. The summed E-state index contributed by atoms with van der Waals surface area (Å²) in [5.41, 5.74) is -0.474. The number of hydrogen-bond acceptors (Lipinski definition) is 4. The number of imidazole rings is 1. The molecule has 0 spiro atoms. The van der Waals surface area contributed by atoms with Gasteiger partial charge in [0, 0.05) is 30.8 Å². The van der Waals surface area contributed by atoms with Gasteiger partial charge in [-0.05, 0) is 42.7 Å². The van der Waals surface area contributed by atoms with Crippen LogP contribution in [0.3, 0.4) is 0 Å². The largest absolute Gasteiger partial charge is 0.417 e. The third-order valence-electron chi connectivity index (χ3n) is 6.52. The van der Waals surface area contributed by atoms with E-state index in [4.69, 9.17) is 5.26 Å². The molecule has 34 heavy (non-hydrogen) atoms. The number of pyridine rings is 1. The number of amides is 2. The summed E-state index contributed by atoms with van der Waals surface area (Å²) in [6.45, 7) is 0.316. The molecule has 1 saturated carbocycles. The van der Waals surface area contributed by atoms with Gasteiger partial charge in [-0.15, -0.1) is 0 Å². The van der Waals surface area contributed by atoms with E-state index in [0.717, 1.165) is 37.0 Å². The predicted molar refractivity (Wildman–Crippen MR) is 117 cm³/mol. The van der Waals surface area contributed by atoms with Gasteiger partial charge < -0.3 is 4.90 Å². The Morgan fingerprint density at radius 2 is 1.91 bits per heavy atom. The number of nitriles is 1. The van der Waals surface area contributed by atoms with Crippen molar-refractivity contribution in [2.24, 2.45) is 0 Å². The van der Waals surface area contributed by atoms with Crippen LogP contribution in [-0.4, -0.2) is 37.5 Å². The monoisotopic (exact) mass is 466 g/mol. The van der Waals surface area contributed by atoms with Crippen LogP contribution in [0.15, 0.2) is 55.2 Å². The van der Waals surface area contributed by atoms with Crippen molar-refractivity contribution in [1.82, 2.24) is 19.4 Å². The highest BCUT2D eigenvalue weighted by Gasteiger charge is 2.47. The van der Waals surface area contributed by atoms with Gasteiger partial charge in [0.05, 0.1) is 29.3 Å². The van der Waals surface area contributed by atoms with Crippen LogP contribution >= 0.6 is 0 Å². The van der Waals surface area contributed by atoms with Crippen LogP contribution in [0, 0.1) is 11.3 Å². The second kappa shape index (κ2) is 8.48. The molecule has 3 heterocycles. The van der Waals surface area contributed by atoms with Crippen LogP contribution in [0.4, 0.5) is 23.7 Å². The number of nitrogens with zero attached hydrogens (tertiary/aromatic N) is 6. The van der Waals surface area contributed by atoms with Gasteiger partial charge in [0.1, 0.15) is 12.1 Å². The molecule has 1 aliphatic carbocycles. The Bertz CT molecular complexity index is 1230. The minimum Gasteiger partial charge on any atom is -0.315 e. The lowest BCUT2D eigenvalue weighted by atomic mass is 9.89. The summed E-state index contributed by atoms with van der Waals surface area (Å²) in [5.74, 6) is 0.698. The maximum absolute atomic E-state index is 13.6. The third-order valence-corrected chi connectivity index (χ3v) is 6.52. The van der Waals surface area contributed by atoms with Crippen LogP contribution < -0.4 is 4.90 Å². The molecule has 5 rings (SSSR count). The Morgan fingerprint density at radius 1 is 1.12 bits per heavy atom.